The molecule has 0 spiro atoms. The lowest BCUT2D eigenvalue weighted by molar-refractivity contribution is -0.140. The van der Waals surface area contributed by atoms with Crippen molar-refractivity contribution in [1.29, 1.82) is 0 Å². The van der Waals surface area contributed by atoms with Gasteiger partial charge in [0.2, 0.25) is 0 Å². The number of carbonyl (C=O) groups excluding carboxylic acids is 2. The second-order valence-electron chi connectivity index (χ2n) is 7.93. The van der Waals surface area contributed by atoms with Crippen LogP contribution in [0.25, 0.3) is 5.76 Å². The maximum absolute atomic E-state index is 13.1. The van der Waals surface area contributed by atoms with Crippen molar-refractivity contribution >= 4 is 17.4 Å². The van der Waals surface area contributed by atoms with E-state index in [1.54, 1.807) is 36.4 Å². The van der Waals surface area contributed by atoms with E-state index in [4.69, 9.17) is 14.2 Å². The molecule has 1 aliphatic rings. The van der Waals surface area contributed by atoms with Gasteiger partial charge in [0.1, 0.15) is 11.5 Å². The van der Waals surface area contributed by atoms with Gasteiger partial charge >= 0.3 is 0 Å². The molecule has 2 aromatic carbocycles. The van der Waals surface area contributed by atoms with Crippen LogP contribution in [0.15, 0.2) is 48.0 Å². The van der Waals surface area contributed by atoms with Crippen LogP contribution < -0.4 is 9.47 Å². The molecule has 2 aromatic rings. The number of phenols is 1. The fourth-order valence-corrected chi connectivity index (χ4v) is 3.80. The molecule has 1 fully saturated rings. The molecule has 1 atom stereocenters. The fourth-order valence-electron chi connectivity index (χ4n) is 3.80. The lowest BCUT2D eigenvalue weighted by Crippen LogP contribution is -2.31. The van der Waals surface area contributed by atoms with Crippen molar-refractivity contribution in [2.75, 3.05) is 27.4 Å². The van der Waals surface area contributed by atoms with E-state index in [9.17, 15) is 19.8 Å². The van der Waals surface area contributed by atoms with Gasteiger partial charge in [-0.25, -0.2) is 0 Å². The first-order valence-corrected chi connectivity index (χ1v) is 10.7. The highest BCUT2D eigenvalue weighted by Gasteiger charge is 2.46. The van der Waals surface area contributed by atoms with Crippen LogP contribution in [0.1, 0.15) is 37.4 Å². The molecule has 8 heteroatoms. The molecule has 176 valence electrons. The number of likely N-dealkylation sites (tertiary alicyclic amines) is 1. The standard InChI is InChI=1S/C25H29NO7/c1-15(2)33-12-6-11-26-22(16-9-10-19(27)20(14-16)32-4)21(24(29)25(26)30)23(28)17-7-5-8-18(13-17)31-3/h5,7-10,13-15,22,27-28H,6,11-12H2,1-4H3/t22-/m0/s1. The SMILES string of the molecule is COc1cccc(C(O)=C2C(=O)C(=O)N(CCCOC(C)C)[C@H]2c2ccc(O)c(OC)c2)c1. The number of carbonyl (C=O) groups is 2. The molecule has 1 amide bonds. The number of benzene rings is 2. The van der Waals surface area contributed by atoms with E-state index in [0.29, 0.717) is 29.9 Å². The monoisotopic (exact) mass is 455 g/mol. The minimum absolute atomic E-state index is 0.0363. The van der Waals surface area contributed by atoms with Crippen LogP contribution in [-0.4, -0.2) is 60.3 Å². The quantitative estimate of drug-likeness (QED) is 0.257. The molecule has 1 saturated heterocycles. The highest BCUT2D eigenvalue weighted by molar-refractivity contribution is 6.46. The van der Waals surface area contributed by atoms with Gasteiger partial charge in [-0.1, -0.05) is 18.2 Å². The van der Waals surface area contributed by atoms with Gasteiger partial charge in [0, 0.05) is 18.7 Å². The van der Waals surface area contributed by atoms with Crippen LogP contribution in [0.2, 0.25) is 0 Å². The van der Waals surface area contributed by atoms with Crippen molar-refractivity contribution in [3.05, 3.63) is 59.2 Å². The zero-order valence-electron chi connectivity index (χ0n) is 19.2. The Labute approximate surface area is 193 Å². The lowest BCUT2D eigenvalue weighted by atomic mass is 9.95. The molecule has 1 heterocycles. The predicted octanol–water partition coefficient (Wildman–Crippen LogP) is 3.65. The molecule has 0 saturated carbocycles. The summed E-state index contributed by atoms with van der Waals surface area (Å²) in [6.45, 7) is 4.51. The summed E-state index contributed by atoms with van der Waals surface area (Å²) in [4.78, 5) is 27.5. The first kappa shape index (κ1) is 24.1. The third-order valence-corrected chi connectivity index (χ3v) is 5.40. The van der Waals surface area contributed by atoms with Gasteiger partial charge in [-0.15, -0.1) is 0 Å². The number of amides is 1. The molecule has 2 N–H and O–H groups in total. The Morgan fingerprint density at radius 2 is 1.85 bits per heavy atom. The zero-order chi connectivity index (χ0) is 24.1. The Balaban J connectivity index is 2.09. The molecule has 0 aromatic heterocycles. The second-order valence-corrected chi connectivity index (χ2v) is 7.93. The molecule has 0 unspecified atom stereocenters. The maximum atomic E-state index is 13.1. The number of nitrogens with zero attached hydrogens (tertiary/aromatic N) is 1. The third-order valence-electron chi connectivity index (χ3n) is 5.40. The van der Waals surface area contributed by atoms with E-state index in [1.165, 1.54) is 25.2 Å². The summed E-state index contributed by atoms with van der Waals surface area (Å²) < 4.78 is 16.0. The number of methoxy groups -OCH3 is 2. The number of aliphatic hydroxyl groups excluding tert-OH is 1. The Bertz CT molecular complexity index is 1060. The number of aromatic hydroxyl groups is 1. The van der Waals surface area contributed by atoms with Crippen molar-refractivity contribution in [2.24, 2.45) is 0 Å². The van der Waals surface area contributed by atoms with Gasteiger partial charge in [0.15, 0.2) is 11.5 Å². The van der Waals surface area contributed by atoms with Crippen LogP contribution in [0, 0.1) is 0 Å². The van der Waals surface area contributed by atoms with Crippen LogP contribution >= 0.6 is 0 Å². The smallest absolute Gasteiger partial charge is 0.295 e. The molecular formula is C25H29NO7. The van der Waals surface area contributed by atoms with E-state index >= 15 is 0 Å². The van der Waals surface area contributed by atoms with Gasteiger partial charge < -0.3 is 29.3 Å². The largest absolute Gasteiger partial charge is 0.507 e. The Kier molecular flexibility index (Phi) is 7.60. The molecule has 1 aliphatic heterocycles. The van der Waals surface area contributed by atoms with E-state index in [1.807, 2.05) is 13.8 Å². The minimum atomic E-state index is -0.857. The molecule has 33 heavy (non-hydrogen) atoms. The van der Waals surface area contributed by atoms with Crippen molar-refractivity contribution in [2.45, 2.75) is 32.4 Å². The average Bonchev–Trinajstić information content (AvgIpc) is 3.06. The summed E-state index contributed by atoms with van der Waals surface area (Å²) in [6.07, 6.45) is 0.557. The minimum Gasteiger partial charge on any atom is -0.507 e. The number of ether oxygens (including phenoxy) is 3. The Morgan fingerprint density at radius 3 is 2.52 bits per heavy atom. The first-order valence-electron chi connectivity index (χ1n) is 10.7. The van der Waals surface area contributed by atoms with Crippen LogP contribution in [0.3, 0.4) is 0 Å². The van der Waals surface area contributed by atoms with Gasteiger partial charge in [-0.05, 0) is 50.1 Å². The van der Waals surface area contributed by atoms with Gasteiger partial charge in [0.05, 0.1) is 31.9 Å². The summed E-state index contributed by atoms with van der Waals surface area (Å²) in [5.74, 6) is -1.16. The average molecular weight is 456 g/mol. The van der Waals surface area contributed by atoms with E-state index in [-0.39, 0.29) is 35.5 Å². The van der Waals surface area contributed by atoms with Crippen molar-refractivity contribution in [3.63, 3.8) is 0 Å². The first-order chi connectivity index (χ1) is 15.8. The molecule has 0 radical (unpaired) electrons. The number of rotatable bonds is 9. The molecule has 0 aliphatic carbocycles. The summed E-state index contributed by atoms with van der Waals surface area (Å²) in [6, 6.07) is 10.4. The molecule has 3 rings (SSSR count). The maximum Gasteiger partial charge on any atom is 0.295 e. The summed E-state index contributed by atoms with van der Waals surface area (Å²) in [5, 5.41) is 21.1. The lowest BCUT2D eigenvalue weighted by Gasteiger charge is -2.26. The van der Waals surface area contributed by atoms with Gasteiger partial charge in [-0.2, -0.15) is 0 Å². The van der Waals surface area contributed by atoms with Crippen LogP contribution in [-0.2, 0) is 14.3 Å². The number of aliphatic hydroxyl groups is 1. The number of Topliss-reactive ketones (excluding diaryl/α,β-unsaturated/α-hetero) is 1. The highest BCUT2D eigenvalue weighted by Crippen LogP contribution is 2.42. The Hall–Kier alpha value is -3.52. The number of hydrogen-bond acceptors (Lipinski definition) is 7. The van der Waals surface area contributed by atoms with Crippen molar-refractivity contribution in [1.82, 2.24) is 4.90 Å². The number of hydrogen-bond donors (Lipinski definition) is 2. The molecule has 8 nitrogen and oxygen atoms in total. The van der Waals surface area contributed by atoms with Gasteiger partial charge in [0.25, 0.3) is 11.7 Å². The van der Waals surface area contributed by atoms with E-state index in [0.717, 1.165) is 0 Å². The Morgan fingerprint density at radius 1 is 1.09 bits per heavy atom. The van der Waals surface area contributed by atoms with Crippen molar-refractivity contribution < 1.29 is 34.0 Å². The van der Waals surface area contributed by atoms with E-state index < -0.39 is 17.7 Å². The summed E-state index contributed by atoms with van der Waals surface area (Å²) in [7, 11) is 2.91. The van der Waals surface area contributed by atoms with E-state index in [2.05, 4.69) is 0 Å². The second kappa shape index (κ2) is 10.4. The number of ketones is 1. The predicted molar refractivity (Wildman–Crippen MR) is 122 cm³/mol. The normalized spacial score (nSPS) is 17.6. The van der Waals surface area contributed by atoms with Gasteiger partial charge in [-0.3, -0.25) is 9.59 Å². The zero-order valence-corrected chi connectivity index (χ0v) is 19.2. The molecule has 0 bridgehead atoms. The van der Waals surface area contributed by atoms with Crippen LogP contribution in [0.4, 0.5) is 0 Å². The topological polar surface area (TPSA) is 106 Å². The van der Waals surface area contributed by atoms with Crippen molar-refractivity contribution in [3.8, 4) is 17.2 Å². The molecular weight excluding hydrogens is 426 g/mol. The van der Waals surface area contributed by atoms with Crippen LogP contribution in [0.5, 0.6) is 17.2 Å². The third kappa shape index (κ3) is 5.12. The fraction of sp³-hybridized carbons (Fsp3) is 0.360. The summed E-state index contributed by atoms with van der Waals surface area (Å²) >= 11 is 0. The number of phenolic OH excluding ortho intramolecular Hbond substituents is 1. The highest BCUT2D eigenvalue weighted by atomic mass is 16.5. The summed E-state index contributed by atoms with van der Waals surface area (Å²) in [5.41, 5.74) is 0.843.